The van der Waals surface area contributed by atoms with E-state index in [2.05, 4.69) is 5.32 Å². The summed E-state index contributed by atoms with van der Waals surface area (Å²) in [7, 11) is -3.78. The first kappa shape index (κ1) is 17.2. The van der Waals surface area contributed by atoms with Gasteiger partial charge in [0.1, 0.15) is 0 Å². The van der Waals surface area contributed by atoms with E-state index in [1.54, 1.807) is 0 Å². The van der Waals surface area contributed by atoms with Gasteiger partial charge in [0.2, 0.25) is 10.0 Å². The molecule has 5 nitrogen and oxygen atoms in total. The van der Waals surface area contributed by atoms with Crippen LogP contribution in [0.1, 0.15) is 12.5 Å². The lowest BCUT2D eigenvalue weighted by molar-refractivity contribution is -0.165. The molecule has 0 fully saturated rings. The van der Waals surface area contributed by atoms with E-state index >= 15 is 0 Å². The predicted molar refractivity (Wildman–Crippen MR) is 69.5 cm³/mol. The topological polar surface area (TPSA) is 89.3 Å². The van der Waals surface area contributed by atoms with Crippen molar-refractivity contribution in [1.29, 1.82) is 0 Å². The second-order valence-corrected chi connectivity index (χ2v) is 5.79. The zero-order valence-electron chi connectivity index (χ0n) is 10.9. The molecule has 0 aliphatic rings. The lowest BCUT2D eigenvalue weighted by atomic mass is 10.2. The van der Waals surface area contributed by atoms with Crippen molar-refractivity contribution in [2.75, 3.05) is 0 Å². The molecule has 0 atom stereocenters. The zero-order valence-corrected chi connectivity index (χ0v) is 11.8. The molecule has 0 spiro atoms. The maximum absolute atomic E-state index is 12.0. The number of nitrogens with two attached hydrogens (primary N) is 1. The van der Waals surface area contributed by atoms with E-state index in [1.165, 1.54) is 31.2 Å². The van der Waals surface area contributed by atoms with Crippen LogP contribution in [0.25, 0.3) is 0 Å². The third-order valence-corrected chi connectivity index (χ3v) is 3.38. The van der Waals surface area contributed by atoms with Gasteiger partial charge in [0.15, 0.2) is 0 Å². The predicted octanol–water partition coefficient (Wildman–Crippen LogP) is 1.46. The van der Waals surface area contributed by atoms with Gasteiger partial charge in [0, 0.05) is 18.3 Å². The average molecular weight is 322 g/mol. The van der Waals surface area contributed by atoms with Crippen LogP contribution in [0, 0.1) is 0 Å². The van der Waals surface area contributed by atoms with E-state index in [-0.39, 0.29) is 17.1 Å². The molecule has 1 aromatic carbocycles. The second kappa shape index (κ2) is 6.27. The summed E-state index contributed by atoms with van der Waals surface area (Å²) in [5, 5.41) is 7.55. The number of hydrogen-bond acceptors (Lipinski definition) is 4. The first-order valence-electron chi connectivity index (χ1n) is 5.65. The Morgan fingerprint density at radius 2 is 1.81 bits per heavy atom. The highest BCUT2D eigenvalue weighted by Crippen LogP contribution is 2.17. The number of allylic oxidation sites excluding steroid dienone is 2. The molecule has 0 unspecified atom stereocenters. The highest BCUT2D eigenvalue weighted by molar-refractivity contribution is 7.89. The Morgan fingerprint density at radius 1 is 1.29 bits per heavy atom. The molecule has 1 aromatic rings. The minimum atomic E-state index is -4.90. The maximum Gasteiger partial charge on any atom is 0.454 e. The molecule has 9 heteroatoms. The van der Waals surface area contributed by atoms with Crippen LogP contribution in [-0.4, -0.2) is 20.4 Å². The standard InChI is InChI=1S/C12H13F3N2O3S/c1-8(6-11(18)12(13,14)15)17-7-9-2-4-10(5-3-9)21(16,19)20/h2-6,17H,7H2,1H3,(H2,16,19,20). The number of sulfonamides is 1. The van der Waals surface area contributed by atoms with Gasteiger partial charge in [-0.1, -0.05) is 12.1 Å². The van der Waals surface area contributed by atoms with Crippen LogP contribution in [-0.2, 0) is 21.4 Å². The van der Waals surface area contributed by atoms with Gasteiger partial charge < -0.3 is 5.32 Å². The molecule has 0 amide bonds. The van der Waals surface area contributed by atoms with Crippen molar-refractivity contribution < 1.29 is 26.4 Å². The summed E-state index contributed by atoms with van der Waals surface area (Å²) in [5.74, 6) is -1.95. The second-order valence-electron chi connectivity index (χ2n) is 4.23. The minimum absolute atomic E-state index is 0.0489. The van der Waals surface area contributed by atoms with Gasteiger partial charge in [-0.15, -0.1) is 0 Å². The smallest absolute Gasteiger partial charge is 0.384 e. The van der Waals surface area contributed by atoms with E-state index < -0.39 is 22.0 Å². The van der Waals surface area contributed by atoms with Crippen LogP contribution in [0.3, 0.4) is 0 Å². The Morgan fingerprint density at radius 3 is 2.24 bits per heavy atom. The number of halogens is 3. The number of primary sulfonamides is 1. The van der Waals surface area contributed by atoms with Crippen molar-refractivity contribution in [1.82, 2.24) is 5.32 Å². The Hall–Kier alpha value is -1.87. The maximum atomic E-state index is 12.0. The number of nitrogens with one attached hydrogen (secondary N) is 1. The largest absolute Gasteiger partial charge is 0.454 e. The number of ketones is 1. The van der Waals surface area contributed by atoms with Crippen LogP contribution in [0.2, 0.25) is 0 Å². The minimum Gasteiger partial charge on any atom is -0.384 e. The number of carbonyl (C=O) groups is 1. The zero-order chi connectivity index (χ0) is 16.3. The van der Waals surface area contributed by atoms with Crippen LogP contribution in [0.15, 0.2) is 40.9 Å². The molecular weight excluding hydrogens is 309 g/mol. The van der Waals surface area contributed by atoms with Crippen LogP contribution in [0.4, 0.5) is 13.2 Å². The third kappa shape index (κ3) is 5.56. The number of hydrogen-bond donors (Lipinski definition) is 2. The number of benzene rings is 1. The van der Waals surface area contributed by atoms with Crippen molar-refractivity contribution >= 4 is 15.8 Å². The number of rotatable bonds is 5. The number of alkyl halides is 3. The molecule has 116 valence electrons. The van der Waals surface area contributed by atoms with Gasteiger partial charge in [-0.25, -0.2) is 13.6 Å². The summed E-state index contributed by atoms with van der Waals surface area (Å²) in [6, 6.07) is 5.50. The van der Waals surface area contributed by atoms with Crippen molar-refractivity contribution in [2.24, 2.45) is 5.14 Å². The molecule has 0 radical (unpaired) electrons. The summed E-state index contributed by atoms with van der Waals surface area (Å²) in [5.41, 5.74) is 0.669. The molecule has 0 aliphatic carbocycles. The highest BCUT2D eigenvalue weighted by atomic mass is 32.2. The summed E-state index contributed by atoms with van der Waals surface area (Å²) in [6.07, 6.45) is -4.45. The van der Waals surface area contributed by atoms with E-state index in [0.717, 1.165) is 0 Å². The number of carbonyl (C=O) groups excluding carboxylic acids is 1. The lowest BCUT2D eigenvalue weighted by Gasteiger charge is -2.08. The summed E-state index contributed by atoms with van der Waals surface area (Å²) >= 11 is 0. The van der Waals surface area contributed by atoms with Crippen LogP contribution < -0.4 is 10.5 Å². The molecule has 0 heterocycles. The van der Waals surface area contributed by atoms with E-state index in [1.807, 2.05) is 0 Å². The van der Waals surface area contributed by atoms with Gasteiger partial charge >= 0.3 is 6.18 Å². The van der Waals surface area contributed by atoms with E-state index in [9.17, 15) is 26.4 Å². The average Bonchev–Trinajstić information content (AvgIpc) is 2.34. The van der Waals surface area contributed by atoms with E-state index in [4.69, 9.17) is 5.14 Å². The van der Waals surface area contributed by atoms with Crippen LogP contribution >= 0.6 is 0 Å². The molecule has 0 bridgehead atoms. The third-order valence-electron chi connectivity index (χ3n) is 2.45. The van der Waals surface area contributed by atoms with Crippen molar-refractivity contribution in [3.63, 3.8) is 0 Å². The highest BCUT2D eigenvalue weighted by Gasteiger charge is 2.36. The molecular formula is C12H13F3N2O3S. The Labute approximate surface area is 119 Å². The molecule has 1 rings (SSSR count). The molecule has 3 N–H and O–H groups in total. The quantitative estimate of drug-likeness (QED) is 0.803. The van der Waals surface area contributed by atoms with Crippen molar-refractivity contribution in [2.45, 2.75) is 24.5 Å². The molecule has 0 aromatic heterocycles. The van der Waals surface area contributed by atoms with Gasteiger partial charge in [-0.3, -0.25) is 4.79 Å². The van der Waals surface area contributed by atoms with Crippen molar-refractivity contribution in [3.8, 4) is 0 Å². The Bertz CT molecular complexity index is 649. The van der Waals surface area contributed by atoms with Gasteiger partial charge in [0.25, 0.3) is 5.78 Å². The summed E-state index contributed by atoms with van der Waals surface area (Å²) in [6.45, 7) is 1.46. The van der Waals surface area contributed by atoms with E-state index in [0.29, 0.717) is 11.6 Å². The van der Waals surface area contributed by atoms with Gasteiger partial charge in [0.05, 0.1) is 4.90 Å². The first-order chi connectivity index (χ1) is 9.50. The van der Waals surface area contributed by atoms with Gasteiger partial charge in [-0.05, 0) is 24.6 Å². The van der Waals surface area contributed by atoms with Crippen molar-refractivity contribution in [3.05, 3.63) is 41.6 Å². The van der Waals surface area contributed by atoms with Gasteiger partial charge in [-0.2, -0.15) is 13.2 Å². The van der Waals surface area contributed by atoms with Crippen LogP contribution in [0.5, 0.6) is 0 Å². The monoisotopic (exact) mass is 322 g/mol. The first-order valence-corrected chi connectivity index (χ1v) is 7.20. The Balaban J connectivity index is 2.68. The Kier molecular flexibility index (Phi) is 5.13. The normalized spacial score (nSPS) is 13.1. The SMILES string of the molecule is CC(=CC(=O)C(F)(F)F)NCc1ccc(S(N)(=O)=O)cc1. The molecule has 21 heavy (non-hydrogen) atoms. The molecule has 0 aliphatic heterocycles. The fourth-order valence-electron chi connectivity index (χ4n) is 1.37. The fourth-order valence-corrected chi connectivity index (χ4v) is 1.88. The molecule has 0 saturated heterocycles. The fraction of sp³-hybridized carbons (Fsp3) is 0.250. The lowest BCUT2D eigenvalue weighted by Crippen LogP contribution is -2.22. The molecule has 0 saturated carbocycles. The summed E-state index contributed by atoms with van der Waals surface area (Å²) < 4.78 is 58.2. The summed E-state index contributed by atoms with van der Waals surface area (Å²) in [4.78, 5) is 10.7.